The van der Waals surface area contributed by atoms with Gasteiger partial charge in [-0.25, -0.2) is 9.18 Å². The van der Waals surface area contributed by atoms with E-state index in [0.29, 0.717) is 30.4 Å². The van der Waals surface area contributed by atoms with Crippen LogP contribution >= 0.6 is 0 Å². The van der Waals surface area contributed by atoms with Gasteiger partial charge in [-0.05, 0) is 37.5 Å². The van der Waals surface area contributed by atoms with Crippen molar-refractivity contribution in [3.05, 3.63) is 71.4 Å². The molecule has 2 heterocycles. The quantitative estimate of drug-likeness (QED) is 0.735. The molecule has 144 valence electrons. The van der Waals surface area contributed by atoms with Crippen LogP contribution in [0.4, 0.5) is 9.18 Å². The van der Waals surface area contributed by atoms with Gasteiger partial charge in [0.25, 0.3) is 0 Å². The van der Waals surface area contributed by atoms with E-state index in [2.05, 4.69) is 15.5 Å². The fourth-order valence-electron chi connectivity index (χ4n) is 3.37. The van der Waals surface area contributed by atoms with Crippen molar-refractivity contribution in [1.29, 1.82) is 0 Å². The lowest BCUT2D eigenvalue weighted by Crippen LogP contribution is -2.39. The Morgan fingerprint density at radius 3 is 2.89 bits per heavy atom. The summed E-state index contributed by atoms with van der Waals surface area (Å²) < 4.78 is 18.8. The van der Waals surface area contributed by atoms with Crippen LogP contribution in [0.5, 0.6) is 0 Å². The van der Waals surface area contributed by atoms with Crippen molar-refractivity contribution in [2.75, 3.05) is 6.54 Å². The van der Waals surface area contributed by atoms with Crippen molar-refractivity contribution in [3.63, 3.8) is 0 Å². The number of likely N-dealkylation sites (tertiary alicyclic amines) is 1. The minimum absolute atomic E-state index is 0.159. The van der Waals surface area contributed by atoms with E-state index in [0.717, 1.165) is 18.4 Å². The number of carbonyl (C=O) groups excluding carboxylic acids is 1. The molecule has 2 aromatic carbocycles. The average Bonchev–Trinajstić information content (AvgIpc) is 3.36. The van der Waals surface area contributed by atoms with E-state index >= 15 is 0 Å². The zero-order valence-corrected chi connectivity index (χ0v) is 15.6. The van der Waals surface area contributed by atoms with Crippen LogP contribution in [-0.2, 0) is 6.54 Å². The van der Waals surface area contributed by atoms with Gasteiger partial charge < -0.3 is 14.7 Å². The first-order valence-corrected chi connectivity index (χ1v) is 9.30. The second kappa shape index (κ2) is 7.80. The summed E-state index contributed by atoms with van der Waals surface area (Å²) in [5.41, 5.74) is 2.77. The third kappa shape index (κ3) is 3.88. The molecule has 28 heavy (non-hydrogen) atoms. The third-order valence-electron chi connectivity index (χ3n) is 4.89. The number of rotatable bonds is 4. The molecular formula is C21H21FN4O2. The summed E-state index contributed by atoms with van der Waals surface area (Å²) in [7, 11) is 0. The average molecular weight is 380 g/mol. The zero-order chi connectivity index (χ0) is 19.5. The molecule has 1 aliphatic rings. The monoisotopic (exact) mass is 380 g/mol. The van der Waals surface area contributed by atoms with Crippen molar-refractivity contribution in [2.24, 2.45) is 0 Å². The number of halogens is 1. The van der Waals surface area contributed by atoms with Crippen molar-refractivity contribution < 1.29 is 13.7 Å². The van der Waals surface area contributed by atoms with Gasteiger partial charge in [0.2, 0.25) is 11.7 Å². The lowest BCUT2D eigenvalue weighted by atomic mass is 10.1. The van der Waals surface area contributed by atoms with Gasteiger partial charge >= 0.3 is 6.03 Å². The Morgan fingerprint density at radius 2 is 2.11 bits per heavy atom. The second-order valence-corrected chi connectivity index (χ2v) is 6.96. The largest absolute Gasteiger partial charge is 0.337 e. The number of urea groups is 1. The molecule has 1 atom stereocenters. The van der Waals surface area contributed by atoms with E-state index in [-0.39, 0.29) is 17.9 Å². The first kappa shape index (κ1) is 18.2. The van der Waals surface area contributed by atoms with Crippen LogP contribution in [0.15, 0.2) is 53.1 Å². The molecule has 6 nitrogen and oxygen atoms in total. The van der Waals surface area contributed by atoms with Gasteiger partial charge in [-0.15, -0.1) is 0 Å². The Kier molecular flexibility index (Phi) is 5.06. The second-order valence-electron chi connectivity index (χ2n) is 6.96. The van der Waals surface area contributed by atoms with Crippen LogP contribution in [0.2, 0.25) is 0 Å². The van der Waals surface area contributed by atoms with Crippen molar-refractivity contribution in [2.45, 2.75) is 32.4 Å². The van der Waals surface area contributed by atoms with E-state index in [1.54, 1.807) is 17.0 Å². The molecule has 0 radical (unpaired) electrons. The molecule has 0 unspecified atom stereocenters. The highest BCUT2D eigenvalue weighted by atomic mass is 19.1. The van der Waals surface area contributed by atoms with Crippen molar-refractivity contribution in [3.8, 4) is 11.4 Å². The number of nitrogens with zero attached hydrogens (tertiary/aromatic N) is 3. The summed E-state index contributed by atoms with van der Waals surface area (Å²) in [4.78, 5) is 18.8. The Bertz CT molecular complexity index is 971. The molecule has 2 amide bonds. The number of hydrogen-bond acceptors (Lipinski definition) is 4. The molecule has 1 fully saturated rings. The van der Waals surface area contributed by atoms with E-state index in [1.165, 1.54) is 17.7 Å². The summed E-state index contributed by atoms with van der Waals surface area (Å²) in [6.45, 7) is 3.11. The van der Waals surface area contributed by atoms with Crippen molar-refractivity contribution in [1.82, 2.24) is 20.4 Å². The van der Waals surface area contributed by atoms with Crippen LogP contribution in [0.3, 0.4) is 0 Å². The Morgan fingerprint density at radius 1 is 1.29 bits per heavy atom. The highest BCUT2D eigenvalue weighted by molar-refractivity contribution is 5.75. The normalized spacial score (nSPS) is 16.4. The maximum atomic E-state index is 13.4. The molecule has 1 aromatic heterocycles. The Labute approximate surface area is 162 Å². The number of aromatic nitrogens is 2. The third-order valence-corrected chi connectivity index (χ3v) is 4.89. The number of amides is 2. The first-order valence-electron chi connectivity index (χ1n) is 9.30. The minimum Gasteiger partial charge on any atom is -0.337 e. The number of nitrogens with one attached hydrogen (secondary N) is 1. The van der Waals surface area contributed by atoms with Gasteiger partial charge in [0, 0.05) is 18.7 Å². The van der Waals surface area contributed by atoms with Gasteiger partial charge in [0.1, 0.15) is 11.9 Å². The molecular weight excluding hydrogens is 359 g/mol. The molecule has 4 rings (SSSR count). The SMILES string of the molecule is Cc1ccc(CNC(=O)N2CCC[C@@H]2c2nc(-c3cccc(F)c3)no2)cc1. The van der Waals surface area contributed by atoms with Gasteiger partial charge in [0.05, 0.1) is 0 Å². The predicted molar refractivity (Wildman–Crippen MR) is 102 cm³/mol. The molecule has 1 saturated heterocycles. The van der Waals surface area contributed by atoms with Gasteiger partial charge in [0.15, 0.2) is 0 Å². The zero-order valence-electron chi connectivity index (χ0n) is 15.6. The van der Waals surface area contributed by atoms with Crippen LogP contribution in [0.1, 0.15) is 35.9 Å². The van der Waals surface area contributed by atoms with E-state index in [4.69, 9.17) is 4.52 Å². The topological polar surface area (TPSA) is 71.3 Å². The lowest BCUT2D eigenvalue weighted by Gasteiger charge is -2.22. The number of hydrogen-bond donors (Lipinski definition) is 1. The minimum atomic E-state index is -0.359. The summed E-state index contributed by atoms with van der Waals surface area (Å²) >= 11 is 0. The standard InChI is InChI=1S/C21H21FN4O2/c1-14-7-9-15(10-8-14)13-23-21(27)26-11-3-6-18(26)20-24-19(25-28-20)16-4-2-5-17(22)12-16/h2,4-5,7-10,12,18H,3,6,11,13H2,1H3,(H,23,27)/t18-/m1/s1. The van der Waals surface area contributed by atoms with Gasteiger partial charge in [-0.2, -0.15) is 4.98 Å². The fourth-order valence-corrected chi connectivity index (χ4v) is 3.37. The molecule has 1 N–H and O–H groups in total. The maximum Gasteiger partial charge on any atom is 0.318 e. The smallest absolute Gasteiger partial charge is 0.318 e. The summed E-state index contributed by atoms with van der Waals surface area (Å²) in [5, 5.41) is 6.91. The lowest BCUT2D eigenvalue weighted by molar-refractivity contribution is 0.180. The fraction of sp³-hybridized carbons (Fsp3) is 0.286. The molecule has 3 aromatic rings. The Balaban J connectivity index is 1.44. The molecule has 7 heteroatoms. The number of carbonyl (C=O) groups is 1. The first-order chi connectivity index (χ1) is 13.6. The van der Waals surface area contributed by atoms with Crippen LogP contribution in [-0.4, -0.2) is 27.6 Å². The van der Waals surface area contributed by atoms with Gasteiger partial charge in [-0.1, -0.05) is 47.1 Å². The molecule has 0 bridgehead atoms. The number of aryl methyl sites for hydroxylation is 1. The predicted octanol–water partition coefficient (Wildman–Crippen LogP) is 4.23. The highest BCUT2D eigenvalue weighted by Crippen LogP contribution is 2.32. The summed E-state index contributed by atoms with van der Waals surface area (Å²) in [6, 6.07) is 13.7. The van der Waals surface area contributed by atoms with Gasteiger partial charge in [-0.3, -0.25) is 0 Å². The number of benzene rings is 2. The maximum absolute atomic E-state index is 13.4. The van der Waals surface area contributed by atoms with Crippen molar-refractivity contribution >= 4 is 6.03 Å². The van der Waals surface area contributed by atoms with E-state index in [1.807, 2.05) is 31.2 Å². The summed E-state index contributed by atoms with van der Waals surface area (Å²) in [5.74, 6) is 0.338. The Hall–Kier alpha value is -3.22. The molecule has 0 saturated carbocycles. The van der Waals surface area contributed by atoms with Crippen LogP contribution in [0.25, 0.3) is 11.4 Å². The van der Waals surface area contributed by atoms with E-state index < -0.39 is 0 Å². The molecule has 0 aliphatic carbocycles. The van der Waals surface area contributed by atoms with E-state index in [9.17, 15) is 9.18 Å². The van der Waals surface area contributed by atoms with Crippen LogP contribution < -0.4 is 5.32 Å². The molecule has 0 spiro atoms. The highest BCUT2D eigenvalue weighted by Gasteiger charge is 2.34. The van der Waals surface area contributed by atoms with Crippen LogP contribution in [0, 0.1) is 12.7 Å². The summed E-state index contributed by atoms with van der Waals surface area (Å²) in [6.07, 6.45) is 1.61. The molecule has 1 aliphatic heterocycles.